The van der Waals surface area contributed by atoms with E-state index in [9.17, 15) is 27.9 Å². The van der Waals surface area contributed by atoms with Crippen molar-refractivity contribution in [2.45, 2.75) is 12.3 Å². The Morgan fingerprint density at radius 3 is 2.31 bits per heavy atom. The van der Waals surface area contributed by atoms with E-state index in [1.807, 2.05) is 0 Å². The number of aromatic hydroxyl groups is 1. The van der Waals surface area contributed by atoms with Crippen LogP contribution in [0, 0.1) is 17.5 Å². The number of ether oxygens (including phenoxy) is 1. The minimum Gasteiger partial charge on any atom is -0.507 e. The number of hydrogen-bond acceptors (Lipinski definition) is 4. The Hall–Kier alpha value is -3.61. The topological polar surface area (TPSA) is 63.6 Å². The van der Waals surface area contributed by atoms with Gasteiger partial charge in [-0.25, -0.2) is 13.2 Å². The lowest BCUT2D eigenvalue weighted by atomic mass is 9.84. The number of halogens is 3. The molecule has 1 aliphatic heterocycles. The summed E-state index contributed by atoms with van der Waals surface area (Å²) in [7, 11) is 0. The zero-order chi connectivity index (χ0) is 20.7. The van der Waals surface area contributed by atoms with E-state index in [4.69, 9.17) is 4.74 Å². The van der Waals surface area contributed by atoms with Crippen LogP contribution in [-0.4, -0.2) is 16.9 Å². The second kappa shape index (κ2) is 7.09. The molecule has 3 aromatic carbocycles. The second-order valence-electron chi connectivity index (χ2n) is 6.60. The van der Waals surface area contributed by atoms with Gasteiger partial charge in [-0.05, 0) is 29.8 Å². The van der Waals surface area contributed by atoms with Gasteiger partial charge in [-0.1, -0.05) is 30.3 Å². The average Bonchev–Trinajstić information content (AvgIpc) is 2.71. The number of phenolic OH excluding ortho intramolecular Hbond substituents is 1. The first kappa shape index (κ1) is 18.7. The highest BCUT2D eigenvalue weighted by Gasteiger charge is 2.34. The fraction of sp³-hybridized carbons (Fsp3) is 0.0909. The Bertz CT molecular complexity index is 1120. The molecule has 0 saturated heterocycles. The number of carbonyl (C=O) groups excluding carboxylic acids is 2. The van der Waals surface area contributed by atoms with E-state index in [2.05, 4.69) is 0 Å². The van der Waals surface area contributed by atoms with Gasteiger partial charge in [-0.2, -0.15) is 0 Å². The van der Waals surface area contributed by atoms with Crippen LogP contribution in [0.2, 0.25) is 0 Å². The molecule has 0 aliphatic carbocycles. The fourth-order valence-corrected chi connectivity index (χ4v) is 3.44. The standard InChI is InChI=1S/C22H13F3O4/c23-15-8-12(9-16(24)20(15)25)14-10-18(26)29-17-7-6-13(22(28)19(14)17)21(27)11-4-2-1-3-5-11/h1-9,14,28H,10H2/t14-/m1/s1. The lowest BCUT2D eigenvalue weighted by Crippen LogP contribution is -2.22. The maximum absolute atomic E-state index is 13.7. The van der Waals surface area contributed by atoms with Gasteiger partial charge in [-0.15, -0.1) is 0 Å². The highest BCUT2D eigenvalue weighted by molar-refractivity contribution is 6.11. The molecule has 0 fully saturated rings. The Kier molecular flexibility index (Phi) is 4.58. The summed E-state index contributed by atoms with van der Waals surface area (Å²) in [4.78, 5) is 24.7. The maximum atomic E-state index is 13.7. The average molecular weight is 398 g/mol. The van der Waals surface area contributed by atoms with Crippen molar-refractivity contribution in [2.24, 2.45) is 0 Å². The molecule has 0 unspecified atom stereocenters. The lowest BCUT2D eigenvalue weighted by Gasteiger charge is -2.26. The van der Waals surface area contributed by atoms with Crippen molar-refractivity contribution in [1.29, 1.82) is 0 Å². The molecule has 0 aromatic heterocycles. The van der Waals surface area contributed by atoms with Crippen LogP contribution in [0.15, 0.2) is 54.6 Å². The van der Waals surface area contributed by atoms with Crippen molar-refractivity contribution in [3.63, 3.8) is 0 Å². The maximum Gasteiger partial charge on any atom is 0.312 e. The summed E-state index contributed by atoms with van der Waals surface area (Å²) in [6.45, 7) is 0. The van der Waals surface area contributed by atoms with Gasteiger partial charge in [-0.3, -0.25) is 9.59 Å². The molecule has 4 rings (SSSR count). The number of phenols is 1. The van der Waals surface area contributed by atoms with Crippen LogP contribution in [0.3, 0.4) is 0 Å². The number of ketones is 1. The van der Waals surface area contributed by atoms with E-state index in [0.29, 0.717) is 5.56 Å². The van der Waals surface area contributed by atoms with E-state index in [1.165, 1.54) is 12.1 Å². The van der Waals surface area contributed by atoms with Crippen LogP contribution < -0.4 is 4.74 Å². The summed E-state index contributed by atoms with van der Waals surface area (Å²) in [5.74, 6) is -7.14. The van der Waals surface area contributed by atoms with E-state index < -0.39 is 40.9 Å². The van der Waals surface area contributed by atoms with Crippen molar-refractivity contribution in [3.05, 3.63) is 94.3 Å². The van der Waals surface area contributed by atoms with E-state index in [-0.39, 0.29) is 28.9 Å². The molecule has 1 aliphatic rings. The number of fused-ring (bicyclic) bond motifs is 1. The largest absolute Gasteiger partial charge is 0.507 e. The molecular weight excluding hydrogens is 385 g/mol. The van der Waals surface area contributed by atoms with Crippen LogP contribution in [0.25, 0.3) is 0 Å². The van der Waals surface area contributed by atoms with Crippen molar-refractivity contribution < 1.29 is 32.6 Å². The van der Waals surface area contributed by atoms with E-state index >= 15 is 0 Å². The summed E-state index contributed by atoms with van der Waals surface area (Å²) >= 11 is 0. The molecule has 1 heterocycles. The third kappa shape index (κ3) is 3.24. The monoisotopic (exact) mass is 398 g/mol. The molecule has 0 saturated carbocycles. The van der Waals surface area contributed by atoms with Crippen LogP contribution in [-0.2, 0) is 4.79 Å². The van der Waals surface area contributed by atoms with Gasteiger partial charge in [0.2, 0.25) is 0 Å². The summed E-state index contributed by atoms with van der Waals surface area (Å²) in [5, 5.41) is 10.8. The molecule has 0 spiro atoms. The van der Waals surface area contributed by atoms with Crippen molar-refractivity contribution >= 4 is 11.8 Å². The van der Waals surface area contributed by atoms with Crippen LogP contribution in [0.1, 0.15) is 39.4 Å². The summed E-state index contributed by atoms with van der Waals surface area (Å²) in [5.41, 5.74) is 0.252. The second-order valence-corrected chi connectivity index (χ2v) is 6.60. The van der Waals surface area contributed by atoms with Gasteiger partial charge >= 0.3 is 5.97 Å². The van der Waals surface area contributed by atoms with Gasteiger partial charge < -0.3 is 9.84 Å². The number of rotatable bonds is 3. The van der Waals surface area contributed by atoms with Gasteiger partial charge in [0.1, 0.15) is 11.5 Å². The van der Waals surface area contributed by atoms with Gasteiger partial charge in [0.05, 0.1) is 12.0 Å². The third-order valence-electron chi connectivity index (χ3n) is 4.81. The molecule has 0 amide bonds. The zero-order valence-corrected chi connectivity index (χ0v) is 14.8. The first-order valence-corrected chi connectivity index (χ1v) is 8.67. The van der Waals surface area contributed by atoms with Gasteiger partial charge in [0, 0.05) is 17.0 Å². The molecule has 7 heteroatoms. The molecule has 1 N–H and O–H groups in total. The quantitative estimate of drug-likeness (QED) is 0.306. The van der Waals surface area contributed by atoms with Crippen LogP contribution in [0.4, 0.5) is 13.2 Å². The summed E-state index contributed by atoms with van der Waals surface area (Å²) in [6.07, 6.45) is -0.339. The Morgan fingerprint density at radius 2 is 1.66 bits per heavy atom. The molecule has 3 aromatic rings. The summed E-state index contributed by atoms with van der Waals surface area (Å²) < 4.78 is 46.0. The van der Waals surface area contributed by atoms with Crippen LogP contribution >= 0.6 is 0 Å². The Labute approximate surface area is 163 Å². The summed E-state index contributed by atoms with van der Waals surface area (Å²) in [6, 6.07) is 12.4. The van der Waals surface area contributed by atoms with E-state index in [0.717, 1.165) is 12.1 Å². The first-order valence-electron chi connectivity index (χ1n) is 8.67. The molecule has 4 nitrogen and oxygen atoms in total. The third-order valence-corrected chi connectivity index (χ3v) is 4.81. The minimum absolute atomic E-state index is 0.0292. The highest BCUT2D eigenvalue weighted by Crippen LogP contribution is 2.45. The number of esters is 1. The van der Waals surface area contributed by atoms with Gasteiger partial charge in [0.25, 0.3) is 0 Å². The highest BCUT2D eigenvalue weighted by atomic mass is 19.2. The van der Waals surface area contributed by atoms with Crippen molar-refractivity contribution in [1.82, 2.24) is 0 Å². The first-order chi connectivity index (χ1) is 13.9. The molecule has 146 valence electrons. The van der Waals surface area contributed by atoms with Gasteiger partial charge in [0.15, 0.2) is 23.2 Å². The zero-order valence-electron chi connectivity index (χ0n) is 14.8. The minimum atomic E-state index is -1.63. The normalized spacial score (nSPS) is 15.6. The van der Waals surface area contributed by atoms with E-state index in [1.54, 1.807) is 30.3 Å². The van der Waals surface area contributed by atoms with Crippen LogP contribution in [0.5, 0.6) is 11.5 Å². The fourth-order valence-electron chi connectivity index (χ4n) is 3.44. The predicted octanol–water partition coefficient (Wildman–Crippen LogP) is 4.48. The lowest BCUT2D eigenvalue weighted by molar-refractivity contribution is -0.135. The number of benzene rings is 3. The number of hydrogen-bond donors (Lipinski definition) is 1. The number of carbonyl (C=O) groups is 2. The molecule has 0 radical (unpaired) electrons. The molecule has 1 atom stereocenters. The molecular formula is C22H13F3O4. The molecule has 0 bridgehead atoms. The predicted molar refractivity (Wildman–Crippen MR) is 96.4 cm³/mol. The van der Waals surface area contributed by atoms with Crippen molar-refractivity contribution in [2.75, 3.05) is 0 Å². The van der Waals surface area contributed by atoms with Crippen molar-refractivity contribution in [3.8, 4) is 11.5 Å². The Balaban J connectivity index is 1.87. The Morgan fingerprint density at radius 1 is 1.00 bits per heavy atom. The molecule has 29 heavy (non-hydrogen) atoms. The smallest absolute Gasteiger partial charge is 0.312 e. The SMILES string of the molecule is O=C1C[C@H](c2cc(F)c(F)c(F)c2)c2c(ccc(C(=O)c3ccccc3)c2O)O1.